The molecule has 0 unspecified atom stereocenters. The van der Waals surface area contributed by atoms with E-state index in [1.807, 2.05) is 17.5 Å². The molecule has 3 aromatic rings. The van der Waals surface area contributed by atoms with Gasteiger partial charge in [-0.2, -0.15) is 0 Å². The van der Waals surface area contributed by atoms with E-state index in [4.69, 9.17) is 0 Å². The zero-order valence-corrected chi connectivity index (χ0v) is 14.3. The number of imide groups is 1. The zero-order chi connectivity index (χ0) is 18.1. The molecular formula is C20H13FN2O2S. The van der Waals surface area contributed by atoms with Crippen LogP contribution in [0.5, 0.6) is 0 Å². The molecule has 0 fully saturated rings. The molecule has 0 spiro atoms. The zero-order valence-electron chi connectivity index (χ0n) is 13.5. The second-order valence-electron chi connectivity index (χ2n) is 5.64. The molecule has 4 nitrogen and oxygen atoms in total. The van der Waals surface area contributed by atoms with Crippen LogP contribution >= 0.6 is 11.3 Å². The lowest BCUT2D eigenvalue weighted by Gasteiger charge is -2.15. The Kier molecular flexibility index (Phi) is 4.10. The van der Waals surface area contributed by atoms with E-state index in [0.29, 0.717) is 21.8 Å². The third-order valence-electron chi connectivity index (χ3n) is 3.98. The van der Waals surface area contributed by atoms with Crippen molar-refractivity contribution < 1.29 is 14.0 Å². The highest BCUT2D eigenvalue weighted by Crippen LogP contribution is 2.35. The van der Waals surface area contributed by atoms with Gasteiger partial charge < -0.3 is 5.32 Å². The average molecular weight is 364 g/mol. The largest absolute Gasteiger partial charge is 0.350 e. The Labute approximate surface area is 153 Å². The lowest BCUT2D eigenvalue weighted by Crippen LogP contribution is -2.32. The molecule has 128 valence electrons. The summed E-state index contributed by atoms with van der Waals surface area (Å²) in [7, 11) is 0. The molecule has 2 aromatic carbocycles. The molecule has 0 saturated carbocycles. The van der Waals surface area contributed by atoms with Gasteiger partial charge in [-0.25, -0.2) is 9.29 Å². The standard InChI is InChI=1S/C20H13FN2O2S/c21-13-8-10-14(11-9-13)22-18-17(16-7-4-12-26-16)19(24)23(20(18)25)15-5-2-1-3-6-15/h1-12,22H. The SMILES string of the molecule is O=C1C(Nc2ccc(F)cc2)=C(c2cccs2)C(=O)N1c1ccccc1. The van der Waals surface area contributed by atoms with Gasteiger partial charge in [0.05, 0.1) is 11.3 Å². The highest BCUT2D eigenvalue weighted by Gasteiger charge is 2.40. The third kappa shape index (κ3) is 2.80. The molecule has 2 heterocycles. The van der Waals surface area contributed by atoms with Gasteiger partial charge in [0.2, 0.25) is 0 Å². The number of hydrogen-bond donors (Lipinski definition) is 1. The number of hydrogen-bond acceptors (Lipinski definition) is 4. The fourth-order valence-corrected chi connectivity index (χ4v) is 3.55. The maximum Gasteiger partial charge on any atom is 0.282 e. The summed E-state index contributed by atoms with van der Waals surface area (Å²) in [6.45, 7) is 0. The quantitative estimate of drug-likeness (QED) is 0.703. The van der Waals surface area contributed by atoms with Crippen LogP contribution < -0.4 is 10.2 Å². The van der Waals surface area contributed by atoms with Crippen molar-refractivity contribution in [2.24, 2.45) is 0 Å². The number of thiophene rings is 1. The molecule has 0 bridgehead atoms. The molecule has 1 aromatic heterocycles. The number of halogens is 1. The van der Waals surface area contributed by atoms with E-state index in [-0.39, 0.29) is 17.4 Å². The fourth-order valence-electron chi connectivity index (χ4n) is 2.78. The summed E-state index contributed by atoms with van der Waals surface area (Å²) in [6.07, 6.45) is 0. The molecule has 4 rings (SSSR count). The Hall–Kier alpha value is -3.25. The van der Waals surface area contributed by atoms with Crippen molar-refractivity contribution in [3.8, 4) is 0 Å². The number of benzene rings is 2. The molecular weight excluding hydrogens is 351 g/mol. The first-order valence-corrected chi connectivity index (χ1v) is 8.77. The normalized spacial score (nSPS) is 14.3. The summed E-state index contributed by atoms with van der Waals surface area (Å²) < 4.78 is 13.2. The molecule has 1 aliphatic heterocycles. The fraction of sp³-hybridized carbons (Fsp3) is 0. The van der Waals surface area contributed by atoms with Gasteiger partial charge in [-0.05, 0) is 47.8 Å². The first kappa shape index (κ1) is 16.2. The summed E-state index contributed by atoms with van der Waals surface area (Å²) in [5, 5.41) is 4.84. The molecule has 1 aliphatic rings. The number of nitrogens with one attached hydrogen (secondary N) is 1. The van der Waals surface area contributed by atoms with Crippen LogP contribution in [-0.2, 0) is 9.59 Å². The Balaban J connectivity index is 1.79. The lowest BCUT2D eigenvalue weighted by atomic mass is 10.2. The van der Waals surface area contributed by atoms with Gasteiger partial charge in [0, 0.05) is 10.6 Å². The molecule has 0 radical (unpaired) electrons. The minimum Gasteiger partial charge on any atom is -0.350 e. The molecule has 0 aliphatic carbocycles. The monoisotopic (exact) mass is 364 g/mol. The summed E-state index contributed by atoms with van der Waals surface area (Å²) in [5.74, 6) is -1.19. The van der Waals surface area contributed by atoms with E-state index in [1.165, 1.54) is 35.6 Å². The molecule has 2 amide bonds. The maximum atomic E-state index is 13.2. The second kappa shape index (κ2) is 6.57. The van der Waals surface area contributed by atoms with Crippen molar-refractivity contribution in [2.45, 2.75) is 0 Å². The van der Waals surface area contributed by atoms with Crippen LogP contribution in [0.1, 0.15) is 4.88 Å². The predicted molar refractivity (Wildman–Crippen MR) is 100 cm³/mol. The van der Waals surface area contributed by atoms with Crippen LogP contribution in [0.2, 0.25) is 0 Å². The smallest absolute Gasteiger partial charge is 0.282 e. The van der Waals surface area contributed by atoms with E-state index in [1.54, 1.807) is 30.3 Å². The number of carbonyl (C=O) groups is 2. The number of amides is 2. The first-order valence-electron chi connectivity index (χ1n) is 7.90. The first-order chi connectivity index (χ1) is 12.6. The van der Waals surface area contributed by atoms with Crippen LogP contribution in [0.15, 0.2) is 77.8 Å². The lowest BCUT2D eigenvalue weighted by molar-refractivity contribution is -0.120. The molecule has 6 heteroatoms. The topological polar surface area (TPSA) is 49.4 Å². The van der Waals surface area contributed by atoms with Gasteiger partial charge in [-0.15, -0.1) is 11.3 Å². The van der Waals surface area contributed by atoms with Crippen molar-refractivity contribution in [3.63, 3.8) is 0 Å². The second-order valence-corrected chi connectivity index (χ2v) is 6.59. The van der Waals surface area contributed by atoms with E-state index < -0.39 is 5.91 Å². The van der Waals surface area contributed by atoms with Crippen molar-refractivity contribution in [1.29, 1.82) is 0 Å². The van der Waals surface area contributed by atoms with E-state index >= 15 is 0 Å². The van der Waals surface area contributed by atoms with Gasteiger partial charge >= 0.3 is 0 Å². The number of para-hydroxylation sites is 1. The Bertz CT molecular complexity index is 996. The summed E-state index contributed by atoms with van der Waals surface area (Å²) in [6, 6.07) is 18.0. The van der Waals surface area contributed by atoms with E-state index in [2.05, 4.69) is 5.32 Å². The van der Waals surface area contributed by atoms with Crippen LogP contribution in [0.3, 0.4) is 0 Å². The van der Waals surface area contributed by atoms with E-state index in [9.17, 15) is 14.0 Å². The van der Waals surface area contributed by atoms with Crippen LogP contribution in [0.25, 0.3) is 5.57 Å². The van der Waals surface area contributed by atoms with Gasteiger partial charge in [0.1, 0.15) is 11.5 Å². The van der Waals surface area contributed by atoms with Crippen LogP contribution in [0, 0.1) is 5.82 Å². The highest BCUT2D eigenvalue weighted by atomic mass is 32.1. The van der Waals surface area contributed by atoms with Gasteiger partial charge in [-0.3, -0.25) is 9.59 Å². The van der Waals surface area contributed by atoms with E-state index in [0.717, 1.165) is 4.90 Å². The maximum absolute atomic E-state index is 13.2. The third-order valence-corrected chi connectivity index (χ3v) is 4.87. The Morgan fingerprint density at radius 3 is 2.23 bits per heavy atom. The van der Waals surface area contributed by atoms with Crippen molar-refractivity contribution in [3.05, 3.63) is 88.5 Å². The van der Waals surface area contributed by atoms with Gasteiger partial charge in [0.15, 0.2) is 0 Å². The molecule has 0 atom stereocenters. The number of carbonyl (C=O) groups excluding carboxylic acids is 2. The Morgan fingerprint density at radius 2 is 1.58 bits per heavy atom. The number of nitrogens with zero attached hydrogens (tertiary/aromatic N) is 1. The molecule has 0 saturated heterocycles. The number of anilines is 2. The Morgan fingerprint density at radius 1 is 0.846 bits per heavy atom. The molecule has 1 N–H and O–H groups in total. The summed E-state index contributed by atoms with van der Waals surface area (Å²) in [4.78, 5) is 27.9. The molecule has 26 heavy (non-hydrogen) atoms. The average Bonchev–Trinajstić information content (AvgIpc) is 3.25. The van der Waals surface area contributed by atoms with Crippen molar-refractivity contribution >= 4 is 40.1 Å². The minimum atomic E-state index is -0.436. The van der Waals surface area contributed by atoms with Crippen molar-refractivity contribution in [1.82, 2.24) is 0 Å². The van der Waals surface area contributed by atoms with Gasteiger partial charge in [0.25, 0.3) is 11.8 Å². The van der Waals surface area contributed by atoms with Gasteiger partial charge in [-0.1, -0.05) is 24.3 Å². The van der Waals surface area contributed by atoms with Crippen LogP contribution in [0.4, 0.5) is 15.8 Å². The number of rotatable bonds is 4. The van der Waals surface area contributed by atoms with Crippen molar-refractivity contribution in [2.75, 3.05) is 10.2 Å². The summed E-state index contributed by atoms with van der Waals surface area (Å²) >= 11 is 1.38. The minimum absolute atomic E-state index is 0.188. The highest BCUT2D eigenvalue weighted by molar-refractivity contribution is 7.11. The van der Waals surface area contributed by atoms with Crippen LogP contribution in [-0.4, -0.2) is 11.8 Å². The predicted octanol–water partition coefficient (Wildman–Crippen LogP) is 4.28. The summed E-state index contributed by atoms with van der Waals surface area (Å²) in [5.41, 5.74) is 1.55.